The van der Waals surface area contributed by atoms with E-state index in [-0.39, 0.29) is 0 Å². The molecule has 0 atom stereocenters. The van der Waals surface area contributed by atoms with E-state index in [1.807, 2.05) is 33.4 Å². The average Bonchev–Trinajstić information content (AvgIpc) is 2.85. The first-order valence-corrected chi connectivity index (χ1v) is 6.90. The Hall–Kier alpha value is -2.11. The van der Waals surface area contributed by atoms with Gasteiger partial charge in [-0.1, -0.05) is 6.92 Å². The number of rotatable bonds is 6. The SMILES string of the molecule is CCCc1nc(NC)c(C)c(NCc2cnn(C)c2)n1. The summed E-state index contributed by atoms with van der Waals surface area (Å²) in [4.78, 5) is 9.12. The lowest BCUT2D eigenvalue weighted by Gasteiger charge is -2.13. The Morgan fingerprint density at radius 2 is 2.00 bits per heavy atom. The summed E-state index contributed by atoms with van der Waals surface area (Å²) in [5, 5.41) is 10.7. The van der Waals surface area contributed by atoms with E-state index in [1.54, 1.807) is 4.68 Å². The van der Waals surface area contributed by atoms with Gasteiger partial charge in [0, 0.05) is 44.4 Å². The van der Waals surface area contributed by atoms with Gasteiger partial charge in [-0.15, -0.1) is 0 Å². The van der Waals surface area contributed by atoms with E-state index in [4.69, 9.17) is 0 Å². The van der Waals surface area contributed by atoms with Gasteiger partial charge in [-0.05, 0) is 13.3 Å². The van der Waals surface area contributed by atoms with Crippen molar-refractivity contribution in [2.45, 2.75) is 33.2 Å². The zero-order chi connectivity index (χ0) is 14.5. The Morgan fingerprint density at radius 1 is 1.25 bits per heavy atom. The molecule has 0 saturated carbocycles. The molecule has 0 saturated heterocycles. The first-order chi connectivity index (χ1) is 9.63. The smallest absolute Gasteiger partial charge is 0.135 e. The first kappa shape index (κ1) is 14.3. The van der Waals surface area contributed by atoms with Gasteiger partial charge in [0.1, 0.15) is 17.5 Å². The number of hydrogen-bond donors (Lipinski definition) is 2. The van der Waals surface area contributed by atoms with Crippen molar-refractivity contribution in [3.63, 3.8) is 0 Å². The number of nitrogens with one attached hydrogen (secondary N) is 2. The molecule has 6 heteroatoms. The molecule has 0 amide bonds. The van der Waals surface area contributed by atoms with Crippen LogP contribution in [0.1, 0.15) is 30.3 Å². The van der Waals surface area contributed by atoms with Crippen LogP contribution in [0, 0.1) is 6.92 Å². The molecule has 0 aromatic carbocycles. The second-order valence-corrected chi connectivity index (χ2v) is 4.84. The molecule has 0 unspecified atom stereocenters. The molecule has 0 aliphatic heterocycles. The molecule has 0 fully saturated rings. The minimum Gasteiger partial charge on any atom is -0.373 e. The van der Waals surface area contributed by atoms with Crippen molar-refractivity contribution < 1.29 is 0 Å². The standard InChI is InChI=1S/C14H22N6/c1-5-6-12-18-13(15-3)10(2)14(19-12)16-7-11-8-17-20(4)9-11/h8-9H,5-7H2,1-4H3,(H2,15,16,18,19). The van der Waals surface area contributed by atoms with Gasteiger partial charge in [-0.2, -0.15) is 5.10 Å². The minimum atomic E-state index is 0.709. The topological polar surface area (TPSA) is 67.7 Å². The van der Waals surface area contributed by atoms with Crippen LogP contribution >= 0.6 is 0 Å². The lowest BCUT2D eigenvalue weighted by Crippen LogP contribution is -2.09. The van der Waals surface area contributed by atoms with Crippen molar-refractivity contribution >= 4 is 11.6 Å². The number of aromatic nitrogens is 4. The quantitative estimate of drug-likeness (QED) is 0.844. The van der Waals surface area contributed by atoms with E-state index in [0.29, 0.717) is 6.54 Å². The molecule has 2 aromatic heterocycles. The molecule has 0 bridgehead atoms. The highest BCUT2D eigenvalue weighted by Gasteiger charge is 2.09. The monoisotopic (exact) mass is 274 g/mol. The maximum Gasteiger partial charge on any atom is 0.135 e. The maximum absolute atomic E-state index is 4.60. The number of aryl methyl sites for hydroxylation is 2. The summed E-state index contributed by atoms with van der Waals surface area (Å²) in [5.74, 6) is 2.64. The Kier molecular flexibility index (Phi) is 4.55. The van der Waals surface area contributed by atoms with Crippen LogP contribution in [0.15, 0.2) is 12.4 Å². The van der Waals surface area contributed by atoms with Crippen LogP contribution in [-0.4, -0.2) is 26.8 Å². The molecule has 108 valence electrons. The van der Waals surface area contributed by atoms with Gasteiger partial charge in [-0.3, -0.25) is 4.68 Å². The van der Waals surface area contributed by atoms with Gasteiger partial charge in [0.05, 0.1) is 6.20 Å². The zero-order valence-corrected chi connectivity index (χ0v) is 12.6. The van der Waals surface area contributed by atoms with E-state index in [2.05, 4.69) is 32.6 Å². The van der Waals surface area contributed by atoms with Crippen LogP contribution in [0.2, 0.25) is 0 Å². The predicted molar refractivity (Wildman–Crippen MR) is 80.8 cm³/mol. The lowest BCUT2D eigenvalue weighted by molar-refractivity contribution is 0.767. The molecule has 2 aromatic rings. The molecule has 2 heterocycles. The van der Waals surface area contributed by atoms with Crippen molar-refractivity contribution in [1.29, 1.82) is 0 Å². The molecule has 2 rings (SSSR count). The zero-order valence-electron chi connectivity index (χ0n) is 12.6. The summed E-state index contributed by atoms with van der Waals surface area (Å²) in [6.07, 6.45) is 5.77. The lowest BCUT2D eigenvalue weighted by atomic mass is 10.2. The summed E-state index contributed by atoms with van der Waals surface area (Å²) in [6, 6.07) is 0. The third kappa shape index (κ3) is 3.26. The van der Waals surface area contributed by atoms with Crippen LogP contribution in [0.25, 0.3) is 0 Å². The van der Waals surface area contributed by atoms with Crippen molar-refractivity contribution in [3.8, 4) is 0 Å². The van der Waals surface area contributed by atoms with Crippen LogP contribution in [-0.2, 0) is 20.0 Å². The summed E-state index contributed by atoms with van der Waals surface area (Å²) >= 11 is 0. The summed E-state index contributed by atoms with van der Waals surface area (Å²) in [7, 11) is 3.80. The largest absolute Gasteiger partial charge is 0.373 e. The maximum atomic E-state index is 4.60. The molecule has 6 nitrogen and oxygen atoms in total. The van der Waals surface area contributed by atoms with Gasteiger partial charge in [0.2, 0.25) is 0 Å². The minimum absolute atomic E-state index is 0.709. The van der Waals surface area contributed by atoms with Crippen LogP contribution in [0.4, 0.5) is 11.6 Å². The van der Waals surface area contributed by atoms with E-state index in [1.165, 1.54) is 0 Å². The van der Waals surface area contributed by atoms with Crippen LogP contribution in [0.5, 0.6) is 0 Å². The van der Waals surface area contributed by atoms with Crippen molar-refractivity contribution in [2.24, 2.45) is 7.05 Å². The molecule has 0 spiro atoms. The Morgan fingerprint density at radius 3 is 2.60 bits per heavy atom. The first-order valence-electron chi connectivity index (χ1n) is 6.90. The van der Waals surface area contributed by atoms with Gasteiger partial charge in [0.25, 0.3) is 0 Å². The van der Waals surface area contributed by atoms with Crippen molar-refractivity contribution in [2.75, 3.05) is 17.7 Å². The predicted octanol–water partition coefficient (Wildman–Crippen LogP) is 2.12. The Balaban J connectivity index is 2.18. The highest BCUT2D eigenvalue weighted by Crippen LogP contribution is 2.20. The highest BCUT2D eigenvalue weighted by molar-refractivity contribution is 5.57. The van der Waals surface area contributed by atoms with Crippen LogP contribution in [0.3, 0.4) is 0 Å². The Labute approximate surface area is 119 Å². The van der Waals surface area contributed by atoms with Crippen LogP contribution < -0.4 is 10.6 Å². The van der Waals surface area contributed by atoms with E-state index in [9.17, 15) is 0 Å². The second kappa shape index (κ2) is 6.36. The summed E-state index contributed by atoms with van der Waals surface area (Å²) < 4.78 is 1.80. The second-order valence-electron chi connectivity index (χ2n) is 4.84. The fourth-order valence-corrected chi connectivity index (χ4v) is 2.06. The number of anilines is 2. The van der Waals surface area contributed by atoms with E-state index >= 15 is 0 Å². The van der Waals surface area contributed by atoms with Crippen molar-refractivity contribution in [1.82, 2.24) is 19.7 Å². The normalized spacial score (nSPS) is 10.6. The van der Waals surface area contributed by atoms with Gasteiger partial charge < -0.3 is 10.6 Å². The fourth-order valence-electron chi connectivity index (χ4n) is 2.06. The third-order valence-corrected chi connectivity index (χ3v) is 3.12. The highest BCUT2D eigenvalue weighted by atomic mass is 15.2. The molecule has 0 radical (unpaired) electrons. The molecular weight excluding hydrogens is 252 g/mol. The molecule has 0 aliphatic carbocycles. The Bertz CT molecular complexity index is 575. The molecule has 0 aliphatic rings. The van der Waals surface area contributed by atoms with Gasteiger partial charge >= 0.3 is 0 Å². The van der Waals surface area contributed by atoms with Gasteiger partial charge in [0.15, 0.2) is 0 Å². The van der Waals surface area contributed by atoms with E-state index < -0.39 is 0 Å². The summed E-state index contributed by atoms with van der Waals surface area (Å²) in [6.45, 7) is 4.86. The number of nitrogens with zero attached hydrogens (tertiary/aromatic N) is 4. The molecular formula is C14H22N6. The average molecular weight is 274 g/mol. The molecule has 20 heavy (non-hydrogen) atoms. The number of hydrogen-bond acceptors (Lipinski definition) is 5. The molecule has 2 N–H and O–H groups in total. The van der Waals surface area contributed by atoms with Crippen molar-refractivity contribution in [3.05, 3.63) is 29.3 Å². The third-order valence-electron chi connectivity index (χ3n) is 3.12. The van der Waals surface area contributed by atoms with E-state index in [0.717, 1.165) is 41.4 Å². The fraction of sp³-hybridized carbons (Fsp3) is 0.500. The van der Waals surface area contributed by atoms with Gasteiger partial charge in [-0.25, -0.2) is 9.97 Å². The summed E-state index contributed by atoms with van der Waals surface area (Å²) in [5.41, 5.74) is 2.17.